The van der Waals surface area contributed by atoms with Gasteiger partial charge in [-0.15, -0.1) is 11.3 Å². The first-order valence-electron chi connectivity index (χ1n) is 5.62. The van der Waals surface area contributed by atoms with Crippen molar-refractivity contribution in [3.05, 3.63) is 39.8 Å². The largest absolute Gasteiger partial charge is 0.384 e. The highest BCUT2D eigenvalue weighted by atomic mass is 32.1. The summed E-state index contributed by atoms with van der Waals surface area (Å²) in [4.78, 5) is 14.6. The molecule has 19 heavy (non-hydrogen) atoms. The van der Waals surface area contributed by atoms with Crippen molar-refractivity contribution >= 4 is 17.2 Å². The Bertz CT molecular complexity index is 607. The molecule has 0 atom stereocenters. The van der Waals surface area contributed by atoms with Crippen LogP contribution in [0.1, 0.15) is 20.9 Å². The highest BCUT2D eigenvalue weighted by molar-refractivity contribution is 7.10. The molecule has 2 N–H and O–H groups in total. The Morgan fingerprint density at radius 3 is 3.16 bits per heavy atom. The number of rotatable bonds is 3. The molecule has 0 saturated heterocycles. The van der Waals surface area contributed by atoms with Crippen LogP contribution in [0, 0.1) is 11.8 Å². The van der Waals surface area contributed by atoms with Crippen LogP contribution in [-0.2, 0) is 6.54 Å². The summed E-state index contributed by atoms with van der Waals surface area (Å²) in [5, 5.41) is 16.9. The first-order valence-corrected chi connectivity index (χ1v) is 6.50. The summed E-state index contributed by atoms with van der Waals surface area (Å²) in [6.07, 6.45) is 1.55. The Balaban J connectivity index is 2.01. The fraction of sp³-hybridized carbons (Fsp3) is 0.231. The molecule has 0 aliphatic heterocycles. The SMILES string of the molecule is CN(Cc1cc(C#CCO)cs1)C(=O)c1ccn[nH]1. The number of thiophene rings is 1. The molecule has 2 aromatic rings. The van der Waals surface area contributed by atoms with Crippen molar-refractivity contribution < 1.29 is 9.90 Å². The van der Waals surface area contributed by atoms with Gasteiger partial charge in [0.05, 0.1) is 6.54 Å². The molecule has 2 rings (SSSR count). The van der Waals surface area contributed by atoms with E-state index in [1.54, 1.807) is 24.2 Å². The lowest BCUT2D eigenvalue weighted by atomic mass is 10.3. The maximum absolute atomic E-state index is 12.0. The predicted octanol–water partition coefficient (Wildman–Crippen LogP) is 1.09. The van der Waals surface area contributed by atoms with Crippen LogP contribution >= 0.6 is 11.3 Å². The molecule has 0 aliphatic rings. The molecule has 0 saturated carbocycles. The predicted molar refractivity (Wildman–Crippen MR) is 72.7 cm³/mol. The highest BCUT2D eigenvalue weighted by Crippen LogP contribution is 2.16. The van der Waals surface area contributed by atoms with E-state index in [-0.39, 0.29) is 12.5 Å². The summed E-state index contributed by atoms with van der Waals surface area (Å²) < 4.78 is 0. The van der Waals surface area contributed by atoms with Gasteiger partial charge in [0.1, 0.15) is 12.3 Å². The van der Waals surface area contributed by atoms with Gasteiger partial charge in [0.25, 0.3) is 5.91 Å². The third-order valence-electron chi connectivity index (χ3n) is 2.44. The lowest BCUT2D eigenvalue weighted by molar-refractivity contribution is 0.0780. The van der Waals surface area contributed by atoms with Crippen LogP contribution in [0.15, 0.2) is 23.7 Å². The number of hydrogen-bond acceptors (Lipinski definition) is 4. The molecular weight excluding hydrogens is 262 g/mol. The fourth-order valence-electron chi connectivity index (χ4n) is 1.56. The second kappa shape index (κ2) is 6.18. The molecule has 0 aliphatic carbocycles. The molecule has 0 spiro atoms. The Hall–Kier alpha value is -2.10. The summed E-state index contributed by atoms with van der Waals surface area (Å²) in [7, 11) is 1.74. The van der Waals surface area contributed by atoms with E-state index in [9.17, 15) is 4.79 Å². The topological polar surface area (TPSA) is 69.2 Å². The third-order valence-corrected chi connectivity index (χ3v) is 3.36. The smallest absolute Gasteiger partial charge is 0.271 e. The van der Waals surface area contributed by atoms with E-state index in [1.807, 2.05) is 11.4 Å². The average Bonchev–Trinajstić information content (AvgIpc) is 3.06. The van der Waals surface area contributed by atoms with E-state index >= 15 is 0 Å². The van der Waals surface area contributed by atoms with Crippen molar-refractivity contribution in [2.45, 2.75) is 6.54 Å². The fourth-order valence-corrected chi connectivity index (χ4v) is 2.43. The first kappa shape index (κ1) is 13.3. The quantitative estimate of drug-likeness (QED) is 0.824. The maximum atomic E-state index is 12.0. The zero-order chi connectivity index (χ0) is 13.7. The van der Waals surface area contributed by atoms with E-state index in [2.05, 4.69) is 22.0 Å². The number of nitrogens with zero attached hydrogens (tertiary/aromatic N) is 2. The van der Waals surface area contributed by atoms with E-state index in [1.165, 1.54) is 11.3 Å². The van der Waals surface area contributed by atoms with Crippen LogP contribution in [0.4, 0.5) is 0 Å². The van der Waals surface area contributed by atoms with Crippen LogP contribution in [-0.4, -0.2) is 39.8 Å². The van der Waals surface area contributed by atoms with Crippen LogP contribution in [0.3, 0.4) is 0 Å². The molecule has 0 unspecified atom stereocenters. The van der Waals surface area contributed by atoms with Crippen molar-refractivity contribution in [1.29, 1.82) is 0 Å². The molecule has 98 valence electrons. The zero-order valence-corrected chi connectivity index (χ0v) is 11.2. The van der Waals surface area contributed by atoms with Crippen LogP contribution in [0.25, 0.3) is 0 Å². The molecule has 0 bridgehead atoms. The van der Waals surface area contributed by atoms with Crippen LogP contribution in [0.5, 0.6) is 0 Å². The normalized spacial score (nSPS) is 9.79. The molecule has 1 amide bonds. The summed E-state index contributed by atoms with van der Waals surface area (Å²) >= 11 is 1.54. The zero-order valence-electron chi connectivity index (χ0n) is 10.4. The van der Waals surface area contributed by atoms with Gasteiger partial charge in [-0.1, -0.05) is 11.8 Å². The molecule has 0 aromatic carbocycles. The molecule has 5 nitrogen and oxygen atoms in total. The lowest BCUT2D eigenvalue weighted by Crippen LogP contribution is -2.26. The lowest BCUT2D eigenvalue weighted by Gasteiger charge is -2.14. The van der Waals surface area contributed by atoms with Gasteiger partial charge in [-0.05, 0) is 12.1 Å². The minimum atomic E-state index is -0.149. The van der Waals surface area contributed by atoms with Gasteiger partial charge in [-0.2, -0.15) is 5.10 Å². The molecule has 0 fully saturated rings. The number of nitrogens with one attached hydrogen (secondary N) is 1. The highest BCUT2D eigenvalue weighted by Gasteiger charge is 2.13. The minimum absolute atomic E-state index is 0.103. The van der Waals surface area contributed by atoms with Gasteiger partial charge >= 0.3 is 0 Å². The van der Waals surface area contributed by atoms with Gasteiger partial charge in [0.15, 0.2) is 0 Å². The van der Waals surface area contributed by atoms with Gasteiger partial charge in [-0.3, -0.25) is 9.89 Å². The van der Waals surface area contributed by atoms with Gasteiger partial charge in [0, 0.05) is 29.1 Å². The van der Waals surface area contributed by atoms with Crippen LogP contribution < -0.4 is 0 Å². The summed E-state index contributed by atoms with van der Waals surface area (Å²) in [6.45, 7) is 0.368. The number of H-pyrrole nitrogens is 1. The van der Waals surface area contributed by atoms with Gasteiger partial charge < -0.3 is 10.0 Å². The maximum Gasteiger partial charge on any atom is 0.271 e. The number of carbonyl (C=O) groups is 1. The summed E-state index contributed by atoms with van der Waals surface area (Å²) in [5.74, 6) is 5.33. The van der Waals surface area contributed by atoms with Crippen molar-refractivity contribution in [2.24, 2.45) is 0 Å². The van der Waals surface area contributed by atoms with Crippen molar-refractivity contribution in [2.75, 3.05) is 13.7 Å². The van der Waals surface area contributed by atoms with Gasteiger partial charge in [0.2, 0.25) is 0 Å². The number of carbonyl (C=O) groups excluding carboxylic acids is 1. The Morgan fingerprint density at radius 1 is 1.63 bits per heavy atom. The molecule has 2 heterocycles. The van der Waals surface area contributed by atoms with Crippen molar-refractivity contribution in [3.8, 4) is 11.8 Å². The number of aliphatic hydroxyl groups excluding tert-OH is 1. The number of aliphatic hydroxyl groups is 1. The average molecular weight is 275 g/mol. The third kappa shape index (κ3) is 3.44. The van der Waals surface area contributed by atoms with Crippen LogP contribution in [0.2, 0.25) is 0 Å². The Morgan fingerprint density at radius 2 is 2.47 bits per heavy atom. The van der Waals surface area contributed by atoms with E-state index < -0.39 is 0 Å². The number of hydrogen-bond donors (Lipinski definition) is 2. The van der Waals surface area contributed by atoms with E-state index in [0.29, 0.717) is 12.2 Å². The van der Waals surface area contributed by atoms with E-state index in [4.69, 9.17) is 5.11 Å². The van der Waals surface area contributed by atoms with E-state index in [0.717, 1.165) is 10.4 Å². The van der Waals surface area contributed by atoms with Gasteiger partial charge in [-0.25, -0.2) is 0 Å². The summed E-state index contributed by atoms with van der Waals surface area (Å²) in [5.41, 5.74) is 1.33. The Labute approximate surface area is 114 Å². The standard InChI is InChI=1S/C13H13N3O2S/c1-16(13(18)12-4-5-14-15-12)8-11-7-10(9-19-11)3-2-6-17/h4-5,7,9,17H,6,8H2,1H3,(H,14,15). The molecule has 2 aromatic heterocycles. The second-order valence-electron chi connectivity index (χ2n) is 3.89. The minimum Gasteiger partial charge on any atom is -0.384 e. The second-order valence-corrected chi connectivity index (χ2v) is 4.89. The number of aromatic nitrogens is 2. The molecular formula is C13H13N3O2S. The van der Waals surface area contributed by atoms with Crippen molar-refractivity contribution in [3.63, 3.8) is 0 Å². The van der Waals surface area contributed by atoms with Crippen molar-refractivity contribution in [1.82, 2.24) is 15.1 Å². The summed E-state index contributed by atoms with van der Waals surface area (Å²) in [6, 6.07) is 3.56. The number of amides is 1. The monoisotopic (exact) mass is 275 g/mol. The molecule has 0 radical (unpaired) electrons. The molecule has 6 heteroatoms. The first-order chi connectivity index (χ1) is 9.20. The number of aromatic amines is 1. The Kier molecular flexibility index (Phi) is 4.34.